The lowest BCUT2D eigenvalue weighted by Crippen LogP contribution is -2.09. The van der Waals surface area contributed by atoms with Gasteiger partial charge in [-0.1, -0.05) is 32.0 Å². The second kappa shape index (κ2) is 10.6. The van der Waals surface area contributed by atoms with Gasteiger partial charge < -0.3 is 14.8 Å². The molecule has 0 saturated carbocycles. The van der Waals surface area contributed by atoms with Crippen molar-refractivity contribution in [2.75, 3.05) is 25.1 Å². The van der Waals surface area contributed by atoms with Crippen molar-refractivity contribution in [2.24, 2.45) is 5.92 Å². The molecular formula is C24H29N3O3. The molecule has 2 aromatic carbocycles. The summed E-state index contributed by atoms with van der Waals surface area (Å²) in [4.78, 5) is 20.4. The Kier molecular flexibility index (Phi) is 7.60. The first-order valence-electron chi connectivity index (χ1n) is 10.4. The molecule has 0 unspecified atom stereocenters. The zero-order chi connectivity index (χ0) is 21.3. The standard InChI is InChI=1S/C24H29N3O3/c1-4-29-23(28)12-14-30-21-8-5-18(6-9-21)19-7-10-22-20(15-19)16-26-24(27-22)25-13-11-17(2)3/h5-10,15-17H,4,11-14H2,1-3H3,(H,25,26,27). The van der Waals surface area contributed by atoms with Gasteiger partial charge in [0.1, 0.15) is 5.75 Å². The molecule has 0 radical (unpaired) electrons. The monoisotopic (exact) mass is 407 g/mol. The van der Waals surface area contributed by atoms with E-state index in [-0.39, 0.29) is 12.4 Å². The number of aromatic nitrogens is 2. The summed E-state index contributed by atoms with van der Waals surface area (Å²) in [5, 5.41) is 4.28. The fourth-order valence-electron chi connectivity index (χ4n) is 3.00. The second-order valence-electron chi connectivity index (χ2n) is 7.50. The molecule has 158 valence electrons. The lowest BCUT2D eigenvalue weighted by Gasteiger charge is -2.09. The molecule has 1 heterocycles. The third-order valence-electron chi connectivity index (χ3n) is 4.65. The Labute approximate surface area is 177 Å². The quantitative estimate of drug-likeness (QED) is 0.472. The van der Waals surface area contributed by atoms with Crippen LogP contribution < -0.4 is 10.1 Å². The predicted octanol–water partition coefficient (Wildman–Crippen LogP) is 5.09. The van der Waals surface area contributed by atoms with Crippen LogP contribution in [0.5, 0.6) is 5.75 Å². The highest BCUT2D eigenvalue weighted by Crippen LogP contribution is 2.26. The Balaban J connectivity index is 1.62. The van der Waals surface area contributed by atoms with Gasteiger partial charge in [-0.2, -0.15) is 0 Å². The molecule has 6 nitrogen and oxygen atoms in total. The van der Waals surface area contributed by atoms with Gasteiger partial charge in [0.2, 0.25) is 5.95 Å². The number of carbonyl (C=O) groups excluding carboxylic acids is 1. The van der Waals surface area contributed by atoms with E-state index in [1.54, 1.807) is 6.92 Å². The van der Waals surface area contributed by atoms with Crippen LogP contribution in [-0.4, -0.2) is 35.7 Å². The number of ether oxygens (including phenoxy) is 2. The smallest absolute Gasteiger partial charge is 0.309 e. The van der Waals surface area contributed by atoms with Gasteiger partial charge in [-0.25, -0.2) is 9.97 Å². The lowest BCUT2D eigenvalue weighted by molar-refractivity contribution is -0.143. The van der Waals surface area contributed by atoms with Crippen molar-refractivity contribution in [1.29, 1.82) is 0 Å². The van der Waals surface area contributed by atoms with Crippen molar-refractivity contribution in [3.8, 4) is 16.9 Å². The van der Waals surface area contributed by atoms with Crippen LogP contribution in [0.4, 0.5) is 5.95 Å². The van der Waals surface area contributed by atoms with Crippen molar-refractivity contribution < 1.29 is 14.3 Å². The Morgan fingerprint density at radius 3 is 2.60 bits per heavy atom. The van der Waals surface area contributed by atoms with E-state index in [0.717, 1.165) is 40.7 Å². The van der Waals surface area contributed by atoms with Gasteiger partial charge in [-0.3, -0.25) is 4.79 Å². The number of nitrogens with one attached hydrogen (secondary N) is 1. The van der Waals surface area contributed by atoms with E-state index in [4.69, 9.17) is 9.47 Å². The van der Waals surface area contributed by atoms with Crippen molar-refractivity contribution in [3.05, 3.63) is 48.7 Å². The molecule has 0 atom stereocenters. The Morgan fingerprint density at radius 2 is 1.87 bits per heavy atom. The molecule has 0 aliphatic heterocycles. The molecule has 30 heavy (non-hydrogen) atoms. The van der Waals surface area contributed by atoms with E-state index in [2.05, 4.69) is 41.3 Å². The molecule has 1 aromatic heterocycles. The minimum Gasteiger partial charge on any atom is -0.493 e. The zero-order valence-electron chi connectivity index (χ0n) is 17.9. The second-order valence-corrected chi connectivity index (χ2v) is 7.50. The normalized spacial score (nSPS) is 10.9. The van der Waals surface area contributed by atoms with Crippen LogP contribution in [0.15, 0.2) is 48.7 Å². The Bertz CT molecular complexity index is 971. The van der Waals surface area contributed by atoms with E-state index in [1.165, 1.54) is 0 Å². The third-order valence-corrected chi connectivity index (χ3v) is 4.65. The van der Waals surface area contributed by atoms with Gasteiger partial charge >= 0.3 is 5.97 Å². The molecule has 0 saturated heterocycles. The number of rotatable bonds is 10. The Hall–Kier alpha value is -3.15. The predicted molar refractivity (Wildman–Crippen MR) is 120 cm³/mol. The summed E-state index contributed by atoms with van der Waals surface area (Å²) in [6.45, 7) is 7.76. The highest BCUT2D eigenvalue weighted by atomic mass is 16.5. The van der Waals surface area contributed by atoms with Gasteiger partial charge in [0.25, 0.3) is 0 Å². The molecule has 0 aliphatic carbocycles. The van der Waals surface area contributed by atoms with E-state index in [0.29, 0.717) is 25.1 Å². The van der Waals surface area contributed by atoms with Crippen molar-refractivity contribution in [3.63, 3.8) is 0 Å². The average Bonchev–Trinajstić information content (AvgIpc) is 2.74. The number of nitrogens with zero attached hydrogens (tertiary/aromatic N) is 2. The summed E-state index contributed by atoms with van der Waals surface area (Å²) in [6, 6.07) is 14.0. The van der Waals surface area contributed by atoms with Crippen LogP contribution in [0.2, 0.25) is 0 Å². The Morgan fingerprint density at radius 1 is 1.10 bits per heavy atom. The summed E-state index contributed by atoms with van der Waals surface area (Å²) in [5.41, 5.74) is 3.08. The van der Waals surface area contributed by atoms with Crippen LogP contribution in [0.3, 0.4) is 0 Å². The zero-order valence-corrected chi connectivity index (χ0v) is 17.9. The summed E-state index contributed by atoms with van der Waals surface area (Å²) >= 11 is 0. The van der Waals surface area contributed by atoms with E-state index < -0.39 is 0 Å². The van der Waals surface area contributed by atoms with E-state index in [9.17, 15) is 4.79 Å². The van der Waals surface area contributed by atoms with Crippen LogP contribution in [-0.2, 0) is 9.53 Å². The fraction of sp³-hybridized carbons (Fsp3) is 0.375. The van der Waals surface area contributed by atoms with E-state index >= 15 is 0 Å². The average molecular weight is 408 g/mol. The molecule has 0 bridgehead atoms. The van der Waals surface area contributed by atoms with Crippen LogP contribution in [0.1, 0.15) is 33.6 Å². The van der Waals surface area contributed by atoms with E-state index in [1.807, 2.05) is 36.5 Å². The molecule has 0 aliphatic rings. The van der Waals surface area contributed by atoms with Crippen molar-refractivity contribution in [2.45, 2.75) is 33.6 Å². The highest BCUT2D eigenvalue weighted by Gasteiger charge is 2.05. The summed E-state index contributed by atoms with van der Waals surface area (Å²) < 4.78 is 10.5. The fourth-order valence-corrected chi connectivity index (χ4v) is 3.00. The number of fused-ring (bicyclic) bond motifs is 1. The largest absolute Gasteiger partial charge is 0.493 e. The van der Waals surface area contributed by atoms with Crippen molar-refractivity contribution >= 4 is 22.8 Å². The minimum atomic E-state index is -0.245. The number of benzene rings is 2. The molecule has 0 fully saturated rings. The minimum absolute atomic E-state index is 0.245. The summed E-state index contributed by atoms with van der Waals surface area (Å²) in [7, 11) is 0. The highest BCUT2D eigenvalue weighted by molar-refractivity contribution is 5.84. The van der Waals surface area contributed by atoms with Crippen LogP contribution >= 0.6 is 0 Å². The van der Waals surface area contributed by atoms with Crippen molar-refractivity contribution in [1.82, 2.24) is 9.97 Å². The third kappa shape index (κ3) is 6.17. The first kappa shape index (κ1) is 21.6. The first-order chi connectivity index (χ1) is 14.5. The molecule has 3 aromatic rings. The molecular weight excluding hydrogens is 378 g/mol. The number of hydrogen-bond donors (Lipinski definition) is 1. The number of carbonyl (C=O) groups is 1. The molecule has 1 N–H and O–H groups in total. The maximum absolute atomic E-state index is 11.4. The maximum Gasteiger partial charge on any atom is 0.309 e. The lowest BCUT2D eigenvalue weighted by atomic mass is 10.0. The van der Waals surface area contributed by atoms with Crippen LogP contribution in [0, 0.1) is 5.92 Å². The first-order valence-corrected chi connectivity index (χ1v) is 10.4. The molecule has 0 spiro atoms. The van der Waals surface area contributed by atoms with Gasteiger partial charge in [-0.05, 0) is 54.7 Å². The van der Waals surface area contributed by atoms with Gasteiger partial charge in [0.15, 0.2) is 0 Å². The molecule has 6 heteroatoms. The van der Waals surface area contributed by atoms with Crippen LogP contribution in [0.25, 0.3) is 22.0 Å². The number of anilines is 1. The van der Waals surface area contributed by atoms with Gasteiger partial charge in [-0.15, -0.1) is 0 Å². The van der Waals surface area contributed by atoms with Gasteiger partial charge in [0, 0.05) is 18.1 Å². The SMILES string of the molecule is CCOC(=O)CCOc1ccc(-c2ccc3nc(NCCC(C)C)ncc3c2)cc1. The number of hydrogen-bond acceptors (Lipinski definition) is 6. The number of esters is 1. The summed E-state index contributed by atoms with van der Waals surface area (Å²) in [6.07, 6.45) is 3.19. The molecule has 0 amide bonds. The summed E-state index contributed by atoms with van der Waals surface area (Å²) in [5.74, 6) is 1.80. The molecule has 3 rings (SSSR count). The maximum atomic E-state index is 11.4. The van der Waals surface area contributed by atoms with Gasteiger partial charge in [0.05, 0.1) is 25.2 Å². The topological polar surface area (TPSA) is 73.3 Å².